The summed E-state index contributed by atoms with van der Waals surface area (Å²) in [6, 6.07) is 11.3. The molecule has 6 heteroatoms. The molecule has 2 aromatic carbocycles. The Kier molecular flexibility index (Phi) is 12.0. The Morgan fingerprint density at radius 2 is 1.83 bits per heavy atom. The van der Waals surface area contributed by atoms with E-state index in [1.165, 1.54) is 12.1 Å². The van der Waals surface area contributed by atoms with Crippen molar-refractivity contribution in [3.05, 3.63) is 76.5 Å². The second-order valence-corrected chi connectivity index (χ2v) is 7.71. The van der Waals surface area contributed by atoms with Gasteiger partial charge in [-0.15, -0.1) is 23.6 Å². The van der Waals surface area contributed by atoms with E-state index >= 15 is 0 Å². The predicted molar refractivity (Wildman–Crippen MR) is 126 cm³/mol. The van der Waals surface area contributed by atoms with E-state index in [1.54, 1.807) is 30.3 Å². The molecule has 158 valence electrons. The Labute approximate surface area is 191 Å². The van der Waals surface area contributed by atoms with E-state index in [0.717, 1.165) is 43.2 Å². The van der Waals surface area contributed by atoms with Crippen LogP contribution in [-0.4, -0.2) is 37.4 Å². The van der Waals surface area contributed by atoms with Crippen molar-refractivity contribution in [2.45, 2.75) is 25.7 Å². The summed E-state index contributed by atoms with van der Waals surface area (Å²) in [5, 5.41) is 0. The number of halogens is 3. The summed E-state index contributed by atoms with van der Waals surface area (Å²) in [4.78, 5) is 14.7. The lowest BCUT2D eigenvalue weighted by Gasteiger charge is -2.13. The van der Waals surface area contributed by atoms with Gasteiger partial charge in [0, 0.05) is 22.6 Å². The second-order valence-electron chi connectivity index (χ2n) is 6.79. The molecular formula is C23H28Br2FNO2. The Morgan fingerprint density at radius 3 is 2.48 bits per heavy atom. The van der Waals surface area contributed by atoms with Crippen molar-refractivity contribution < 1.29 is 13.9 Å². The van der Waals surface area contributed by atoms with Gasteiger partial charge in [-0.05, 0) is 62.8 Å². The molecule has 0 atom stereocenters. The summed E-state index contributed by atoms with van der Waals surface area (Å²) < 4.78 is 20.9. The third-order valence-electron chi connectivity index (χ3n) is 4.44. The Balaban J connectivity index is 0.00000420. The van der Waals surface area contributed by atoms with Crippen molar-refractivity contribution >= 4 is 38.7 Å². The Morgan fingerprint density at radius 1 is 1.14 bits per heavy atom. The summed E-state index contributed by atoms with van der Waals surface area (Å²) in [5.41, 5.74) is 0.507. The largest absolute Gasteiger partial charge is 0.493 e. The van der Waals surface area contributed by atoms with Crippen LogP contribution in [-0.2, 0) is 0 Å². The van der Waals surface area contributed by atoms with E-state index in [2.05, 4.69) is 34.5 Å². The summed E-state index contributed by atoms with van der Waals surface area (Å²) in [7, 11) is 2.09. The number of carbonyl (C=O) groups is 1. The van der Waals surface area contributed by atoms with Crippen LogP contribution in [0.1, 0.15) is 41.6 Å². The van der Waals surface area contributed by atoms with Crippen molar-refractivity contribution in [2.24, 2.45) is 0 Å². The maximum absolute atomic E-state index is 14.4. The third-order valence-corrected chi connectivity index (χ3v) is 4.96. The maximum atomic E-state index is 14.4. The third kappa shape index (κ3) is 8.81. The van der Waals surface area contributed by atoms with Gasteiger partial charge in [0.2, 0.25) is 0 Å². The molecule has 0 aromatic heterocycles. The van der Waals surface area contributed by atoms with Gasteiger partial charge in [0.15, 0.2) is 5.78 Å². The fourth-order valence-electron chi connectivity index (χ4n) is 2.87. The molecule has 0 heterocycles. The van der Waals surface area contributed by atoms with Crippen LogP contribution in [0.5, 0.6) is 5.75 Å². The number of ketones is 1. The fourth-order valence-corrected chi connectivity index (χ4v) is 3.13. The van der Waals surface area contributed by atoms with Crippen molar-refractivity contribution in [1.82, 2.24) is 4.90 Å². The molecule has 2 aromatic rings. The lowest BCUT2D eigenvalue weighted by molar-refractivity contribution is 0.103. The molecule has 0 fully saturated rings. The van der Waals surface area contributed by atoms with Gasteiger partial charge in [0.1, 0.15) is 11.6 Å². The number of benzene rings is 2. The zero-order chi connectivity index (χ0) is 20.4. The minimum absolute atomic E-state index is 0. The molecule has 0 bridgehead atoms. The summed E-state index contributed by atoms with van der Waals surface area (Å²) in [6.45, 7) is 6.25. The maximum Gasteiger partial charge on any atom is 0.195 e. The SMILES string of the molecule is Br.C=CCN(C)CCCCCCOc1ccc(C(=O)c2ccc(Br)cc2)c(F)c1. The van der Waals surface area contributed by atoms with Gasteiger partial charge in [-0.1, -0.05) is 34.8 Å². The highest BCUT2D eigenvalue weighted by Crippen LogP contribution is 2.21. The first kappa shape index (κ1) is 25.5. The van der Waals surface area contributed by atoms with E-state index in [1.807, 2.05) is 6.08 Å². The lowest BCUT2D eigenvalue weighted by atomic mass is 10.0. The van der Waals surface area contributed by atoms with E-state index < -0.39 is 5.82 Å². The highest BCUT2D eigenvalue weighted by Gasteiger charge is 2.14. The molecule has 3 nitrogen and oxygen atoms in total. The minimum Gasteiger partial charge on any atom is -0.493 e. The van der Waals surface area contributed by atoms with Crippen LogP contribution in [0.25, 0.3) is 0 Å². The van der Waals surface area contributed by atoms with E-state index in [-0.39, 0.29) is 28.3 Å². The van der Waals surface area contributed by atoms with Gasteiger partial charge in [-0.25, -0.2) is 4.39 Å². The first-order valence-corrected chi connectivity index (χ1v) is 10.3. The van der Waals surface area contributed by atoms with Crippen molar-refractivity contribution in [3.63, 3.8) is 0 Å². The molecular weight excluding hydrogens is 501 g/mol. The zero-order valence-electron chi connectivity index (χ0n) is 16.7. The van der Waals surface area contributed by atoms with Gasteiger partial charge < -0.3 is 9.64 Å². The predicted octanol–water partition coefficient (Wildman–Crippen LogP) is 6.45. The molecule has 0 spiro atoms. The topological polar surface area (TPSA) is 29.5 Å². The van der Waals surface area contributed by atoms with E-state index in [4.69, 9.17) is 4.74 Å². The molecule has 0 aliphatic heterocycles. The molecule has 0 unspecified atom stereocenters. The second kappa shape index (κ2) is 13.7. The van der Waals surface area contributed by atoms with Gasteiger partial charge in [0.05, 0.1) is 12.2 Å². The summed E-state index contributed by atoms with van der Waals surface area (Å²) >= 11 is 3.32. The monoisotopic (exact) mass is 527 g/mol. The number of unbranched alkanes of at least 4 members (excludes halogenated alkanes) is 3. The molecule has 0 saturated heterocycles. The Bertz CT molecular complexity index is 781. The number of likely N-dealkylation sites (N-methyl/N-ethyl adjacent to an activating group) is 1. The number of hydrogen-bond acceptors (Lipinski definition) is 3. The van der Waals surface area contributed by atoms with Gasteiger partial charge >= 0.3 is 0 Å². The van der Waals surface area contributed by atoms with Gasteiger partial charge in [-0.3, -0.25) is 4.79 Å². The number of carbonyl (C=O) groups excluding carboxylic acids is 1. The van der Waals surface area contributed by atoms with Crippen LogP contribution in [0.3, 0.4) is 0 Å². The standard InChI is InChI=1S/C23H27BrFNO2.BrH/c1-3-14-26(2)15-6-4-5-7-16-28-20-12-13-21(22(25)17-20)23(27)18-8-10-19(24)11-9-18;/h3,8-13,17H,1,4-7,14-16H2,2H3;1H. The highest BCUT2D eigenvalue weighted by atomic mass is 79.9. The number of rotatable bonds is 12. The van der Waals surface area contributed by atoms with Crippen LogP contribution >= 0.6 is 32.9 Å². The average Bonchev–Trinajstić information content (AvgIpc) is 2.67. The molecule has 0 saturated carbocycles. The normalized spacial score (nSPS) is 10.5. The van der Waals surface area contributed by atoms with Crippen LogP contribution in [0.15, 0.2) is 59.6 Å². The summed E-state index contributed by atoms with van der Waals surface area (Å²) in [6.07, 6.45) is 6.19. The first-order chi connectivity index (χ1) is 13.5. The average molecular weight is 529 g/mol. The van der Waals surface area contributed by atoms with Gasteiger partial charge in [0.25, 0.3) is 0 Å². The number of ether oxygens (including phenoxy) is 1. The molecule has 0 amide bonds. The van der Waals surface area contributed by atoms with Gasteiger partial charge in [-0.2, -0.15) is 0 Å². The zero-order valence-corrected chi connectivity index (χ0v) is 20.0. The van der Waals surface area contributed by atoms with Crippen molar-refractivity contribution in [1.29, 1.82) is 0 Å². The van der Waals surface area contributed by atoms with Crippen LogP contribution in [0.2, 0.25) is 0 Å². The number of hydrogen-bond donors (Lipinski definition) is 0. The summed E-state index contributed by atoms with van der Waals surface area (Å²) in [5.74, 6) is -0.441. The quantitative estimate of drug-likeness (QED) is 0.180. The van der Waals surface area contributed by atoms with Crippen molar-refractivity contribution in [3.8, 4) is 5.75 Å². The van der Waals surface area contributed by atoms with Crippen molar-refractivity contribution in [2.75, 3.05) is 26.7 Å². The molecule has 0 radical (unpaired) electrons. The number of nitrogens with zero attached hydrogens (tertiary/aromatic N) is 1. The Hall–Kier alpha value is -1.50. The molecule has 29 heavy (non-hydrogen) atoms. The smallest absolute Gasteiger partial charge is 0.195 e. The highest BCUT2D eigenvalue weighted by molar-refractivity contribution is 9.10. The molecule has 0 aliphatic rings. The molecule has 2 rings (SSSR count). The lowest BCUT2D eigenvalue weighted by Crippen LogP contribution is -2.19. The van der Waals surface area contributed by atoms with E-state index in [9.17, 15) is 9.18 Å². The van der Waals surface area contributed by atoms with Crippen LogP contribution in [0.4, 0.5) is 4.39 Å². The van der Waals surface area contributed by atoms with E-state index in [0.29, 0.717) is 17.9 Å². The fraction of sp³-hybridized carbons (Fsp3) is 0.348. The molecule has 0 aliphatic carbocycles. The van der Waals surface area contributed by atoms with Crippen LogP contribution in [0, 0.1) is 5.82 Å². The molecule has 0 N–H and O–H groups in total. The van der Waals surface area contributed by atoms with Crippen LogP contribution < -0.4 is 4.74 Å². The first-order valence-electron chi connectivity index (χ1n) is 9.53. The minimum atomic E-state index is -0.560.